The first-order chi connectivity index (χ1) is 7.42. The molecule has 0 aliphatic carbocycles. The molecular weight excluding hydrogens is 198 g/mol. The van der Waals surface area contributed by atoms with Gasteiger partial charge in [0.05, 0.1) is 5.69 Å². The molecular formula is C13H23N3. The number of pyridine rings is 1. The summed E-state index contributed by atoms with van der Waals surface area (Å²) in [6.45, 7) is 8.53. The van der Waals surface area contributed by atoms with Crippen LogP contribution < -0.4 is 10.2 Å². The fourth-order valence-corrected chi connectivity index (χ4v) is 1.75. The number of anilines is 1. The minimum atomic E-state index is 0.287. The van der Waals surface area contributed by atoms with Crippen molar-refractivity contribution in [2.24, 2.45) is 5.41 Å². The van der Waals surface area contributed by atoms with Crippen LogP contribution in [-0.2, 0) is 6.54 Å². The van der Waals surface area contributed by atoms with Crippen molar-refractivity contribution in [1.82, 2.24) is 10.3 Å². The summed E-state index contributed by atoms with van der Waals surface area (Å²) in [4.78, 5) is 6.82. The van der Waals surface area contributed by atoms with Crippen molar-refractivity contribution >= 4 is 5.82 Å². The molecule has 1 aromatic heterocycles. The Labute approximate surface area is 98.9 Å². The molecule has 0 aromatic carbocycles. The number of nitrogens with one attached hydrogen (secondary N) is 1. The van der Waals surface area contributed by atoms with Crippen molar-refractivity contribution in [3.63, 3.8) is 0 Å². The molecule has 0 saturated heterocycles. The SMILES string of the molecule is CNCc1cccc(N(C)CC(C)(C)C)n1. The minimum absolute atomic E-state index is 0.287. The van der Waals surface area contributed by atoms with Crippen LogP contribution in [0.5, 0.6) is 0 Å². The van der Waals surface area contributed by atoms with Crippen LogP contribution in [0.2, 0.25) is 0 Å². The summed E-state index contributed by atoms with van der Waals surface area (Å²) in [6.07, 6.45) is 0. The maximum atomic E-state index is 4.61. The summed E-state index contributed by atoms with van der Waals surface area (Å²) >= 11 is 0. The largest absolute Gasteiger partial charge is 0.359 e. The highest BCUT2D eigenvalue weighted by atomic mass is 15.2. The van der Waals surface area contributed by atoms with E-state index in [4.69, 9.17) is 0 Å². The van der Waals surface area contributed by atoms with Gasteiger partial charge in [-0.3, -0.25) is 0 Å². The van der Waals surface area contributed by atoms with Gasteiger partial charge in [0.1, 0.15) is 5.82 Å². The van der Waals surface area contributed by atoms with E-state index in [9.17, 15) is 0 Å². The molecule has 0 fully saturated rings. The van der Waals surface area contributed by atoms with Gasteiger partial charge in [-0.2, -0.15) is 0 Å². The molecule has 0 atom stereocenters. The summed E-state index contributed by atoms with van der Waals surface area (Å²) in [5, 5.41) is 3.12. The first-order valence-corrected chi connectivity index (χ1v) is 5.74. The van der Waals surface area contributed by atoms with Crippen molar-refractivity contribution in [2.75, 3.05) is 25.5 Å². The molecule has 1 heterocycles. The third-order valence-electron chi connectivity index (χ3n) is 2.25. The van der Waals surface area contributed by atoms with E-state index in [1.54, 1.807) is 0 Å². The Kier molecular flexibility index (Phi) is 4.30. The second-order valence-electron chi connectivity index (χ2n) is 5.43. The fraction of sp³-hybridized carbons (Fsp3) is 0.615. The van der Waals surface area contributed by atoms with Crippen LogP contribution in [0.1, 0.15) is 26.5 Å². The maximum Gasteiger partial charge on any atom is 0.128 e. The zero-order chi connectivity index (χ0) is 12.2. The summed E-state index contributed by atoms with van der Waals surface area (Å²) in [7, 11) is 4.03. The number of rotatable bonds is 4. The fourth-order valence-electron chi connectivity index (χ4n) is 1.75. The van der Waals surface area contributed by atoms with Gasteiger partial charge in [0.15, 0.2) is 0 Å². The van der Waals surface area contributed by atoms with Gasteiger partial charge < -0.3 is 10.2 Å². The van der Waals surface area contributed by atoms with Crippen molar-refractivity contribution in [3.05, 3.63) is 23.9 Å². The molecule has 0 aliphatic heterocycles. The van der Waals surface area contributed by atoms with Crippen molar-refractivity contribution in [2.45, 2.75) is 27.3 Å². The molecule has 0 radical (unpaired) electrons. The molecule has 1 aromatic rings. The first-order valence-electron chi connectivity index (χ1n) is 5.74. The summed E-state index contributed by atoms with van der Waals surface area (Å²) in [6, 6.07) is 6.17. The van der Waals surface area contributed by atoms with E-state index in [2.05, 4.69) is 55.2 Å². The van der Waals surface area contributed by atoms with Crippen molar-refractivity contribution in [3.8, 4) is 0 Å². The predicted molar refractivity (Wildman–Crippen MR) is 69.7 cm³/mol. The Bertz CT molecular complexity index is 328. The van der Waals surface area contributed by atoms with E-state index in [-0.39, 0.29) is 5.41 Å². The van der Waals surface area contributed by atoms with Gasteiger partial charge in [-0.05, 0) is 24.6 Å². The van der Waals surface area contributed by atoms with Gasteiger partial charge in [-0.25, -0.2) is 4.98 Å². The van der Waals surface area contributed by atoms with Gasteiger partial charge in [-0.15, -0.1) is 0 Å². The van der Waals surface area contributed by atoms with E-state index in [0.29, 0.717) is 0 Å². The second kappa shape index (κ2) is 5.30. The van der Waals surface area contributed by atoms with Gasteiger partial charge >= 0.3 is 0 Å². The second-order valence-corrected chi connectivity index (χ2v) is 5.43. The third kappa shape index (κ3) is 4.19. The Morgan fingerprint density at radius 1 is 1.31 bits per heavy atom. The molecule has 0 saturated carbocycles. The minimum Gasteiger partial charge on any atom is -0.359 e. The van der Waals surface area contributed by atoms with Crippen LogP contribution in [0, 0.1) is 5.41 Å². The summed E-state index contributed by atoms with van der Waals surface area (Å²) in [5.74, 6) is 1.04. The first kappa shape index (κ1) is 13.0. The maximum absolute atomic E-state index is 4.61. The van der Waals surface area contributed by atoms with Gasteiger partial charge in [0, 0.05) is 20.1 Å². The van der Waals surface area contributed by atoms with Crippen molar-refractivity contribution in [1.29, 1.82) is 0 Å². The van der Waals surface area contributed by atoms with Crippen LogP contribution in [0.4, 0.5) is 5.82 Å². The van der Waals surface area contributed by atoms with E-state index in [1.165, 1.54) is 0 Å². The zero-order valence-corrected chi connectivity index (χ0v) is 11.0. The lowest BCUT2D eigenvalue weighted by Crippen LogP contribution is -2.29. The van der Waals surface area contributed by atoms with E-state index in [1.807, 2.05) is 13.1 Å². The van der Waals surface area contributed by atoms with Crippen LogP contribution in [-0.4, -0.2) is 25.6 Å². The number of hydrogen-bond donors (Lipinski definition) is 1. The summed E-state index contributed by atoms with van der Waals surface area (Å²) < 4.78 is 0. The number of hydrogen-bond acceptors (Lipinski definition) is 3. The van der Waals surface area contributed by atoms with Crippen LogP contribution in [0.25, 0.3) is 0 Å². The molecule has 0 bridgehead atoms. The van der Waals surface area contributed by atoms with Crippen LogP contribution in [0.3, 0.4) is 0 Å². The molecule has 16 heavy (non-hydrogen) atoms. The molecule has 90 valence electrons. The Hall–Kier alpha value is -1.09. The zero-order valence-electron chi connectivity index (χ0n) is 11.0. The molecule has 1 rings (SSSR count). The quantitative estimate of drug-likeness (QED) is 0.845. The average molecular weight is 221 g/mol. The van der Waals surface area contributed by atoms with Gasteiger partial charge in [-0.1, -0.05) is 26.8 Å². The molecule has 3 heteroatoms. The lowest BCUT2D eigenvalue weighted by atomic mass is 9.96. The van der Waals surface area contributed by atoms with Crippen LogP contribution >= 0.6 is 0 Å². The van der Waals surface area contributed by atoms with Gasteiger partial charge in [0.25, 0.3) is 0 Å². The highest BCUT2D eigenvalue weighted by molar-refractivity contribution is 5.38. The summed E-state index contributed by atoms with van der Waals surface area (Å²) in [5.41, 5.74) is 1.37. The molecule has 0 aliphatic rings. The van der Waals surface area contributed by atoms with E-state index in [0.717, 1.165) is 24.6 Å². The standard InChI is InChI=1S/C13H23N3/c1-13(2,3)10-16(5)12-8-6-7-11(15-12)9-14-4/h6-8,14H,9-10H2,1-5H3. The molecule has 3 nitrogen and oxygen atoms in total. The highest BCUT2D eigenvalue weighted by Gasteiger charge is 2.14. The lowest BCUT2D eigenvalue weighted by Gasteiger charge is -2.27. The molecule has 0 unspecified atom stereocenters. The normalized spacial score (nSPS) is 11.6. The third-order valence-corrected chi connectivity index (χ3v) is 2.25. The van der Waals surface area contributed by atoms with Crippen LogP contribution in [0.15, 0.2) is 18.2 Å². The predicted octanol–water partition coefficient (Wildman–Crippen LogP) is 2.28. The lowest BCUT2D eigenvalue weighted by molar-refractivity contribution is 0.417. The van der Waals surface area contributed by atoms with E-state index < -0.39 is 0 Å². The molecule has 1 N–H and O–H groups in total. The van der Waals surface area contributed by atoms with Gasteiger partial charge in [0.2, 0.25) is 0 Å². The number of nitrogens with zero attached hydrogens (tertiary/aromatic N) is 2. The average Bonchev–Trinajstić information content (AvgIpc) is 2.16. The monoisotopic (exact) mass is 221 g/mol. The topological polar surface area (TPSA) is 28.2 Å². The smallest absolute Gasteiger partial charge is 0.128 e. The van der Waals surface area contributed by atoms with E-state index >= 15 is 0 Å². The van der Waals surface area contributed by atoms with Crippen molar-refractivity contribution < 1.29 is 0 Å². The Morgan fingerprint density at radius 3 is 2.56 bits per heavy atom. The Morgan fingerprint density at radius 2 is 2.00 bits per heavy atom. The molecule has 0 spiro atoms. The highest BCUT2D eigenvalue weighted by Crippen LogP contribution is 2.18. The Balaban J connectivity index is 2.75. The molecule has 0 amide bonds. The number of aromatic nitrogens is 1.